The van der Waals surface area contributed by atoms with Gasteiger partial charge in [-0.15, -0.1) is 0 Å². The van der Waals surface area contributed by atoms with Crippen LogP contribution in [0.2, 0.25) is 0 Å². The first-order valence-electron chi connectivity index (χ1n) is 8.83. The molecule has 2 heterocycles. The molecule has 3 amide bonds. The van der Waals surface area contributed by atoms with Crippen LogP contribution in [0.25, 0.3) is 0 Å². The fourth-order valence-corrected chi connectivity index (χ4v) is 5.13. The standard InChI is InChI=1S/C17H23FN4O4S/c18-13-3-1-2-12(8-13)15-9-19-5-6-22(15)10-16(23)21-17(24)20-14-4-7-27(25,26)11-14/h1-3,8,14-15,19H,4-7,9-11H2,(H2,20,21,23,24). The molecule has 0 radical (unpaired) electrons. The lowest BCUT2D eigenvalue weighted by Crippen LogP contribution is -2.52. The van der Waals surface area contributed by atoms with Crippen molar-refractivity contribution in [1.29, 1.82) is 0 Å². The Bertz CT molecular complexity index is 817. The third-order valence-corrected chi connectivity index (χ3v) is 6.52. The number of carbonyl (C=O) groups excluding carboxylic acids is 2. The second-order valence-corrected chi connectivity index (χ2v) is 9.10. The molecular formula is C17H23FN4O4S. The number of imide groups is 1. The van der Waals surface area contributed by atoms with Crippen molar-refractivity contribution < 1.29 is 22.4 Å². The molecule has 0 aliphatic carbocycles. The molecule has 2 unspecified atom stereocenters. The van der Waals surface area contributed by atoms with E-state index in [0.717, 1.165) is 5.56 Å². The van der Waals surface area contributed by atoms with E-state index in [1.807, 2.05) is 4.90 Å². The number of carbonyl (C=O) groups is 2. The van der Waals surface area contributed by atoms with Crippen molar-refractivity contribution in [2.75, 3.05) is 37.7 Å². The minimum absolute atomic E-state index is 0.0146. The Hall–Kier alpha value is -2.04. The van der Waals surface area contributed by atoms with E-state index in [1.165, 1.54) is 12.1 Å². The lowest BCUT2D eigenvalue weighted by Gasteiger charge is -2.36. The number of sulfone groups is 1. The first-order chi connectivity index (χ1) is 12.8. The van der Waals surface area contributed by atoms with Gasteiger partial charge in [0.25, 0.3) is 0 Å². The van der Waals surface area contributed by atoms with Crippen LogP contribution in [-0.4, -0.2) is 69.0 Å². The highest BCUT2D eigenvalue weighted by Gasteiger charge is 2.30. The summed E-state index contributed by atoms with van der Waals surface area (Å²) in [7, 11) is -3.11. The lowest BCUT2D eigenvalue weighted by molar-refractivity contribution is -0.122. The first kappa shape index (κ1) is 19.7. The van der Waals surface area contributed by atoms with Crippen LogP contribution in [0.5, 0.6) is 0 Å². The van der Waals surface area contributed by atoms with Gasteiger partial charge in [0.05, 0.1) is 18.1 Å². The molecule has 1 aromatic rings. The average Bonchev–Trinajstić information content (AvgIpc) is 2.93. The van der Waals surface area contributed by atoms with Gasteiger partial charge in [0.2, 0.25) is 5.91 Å². The minimum Gasteiger partial charge on any atom is -0.334 e. The Morgan fingerprint density at radius 3 is 2.85 bits per heavy atom. The summed E-state index contributed by atoms with van der Waals surface area (Å²) in [6.07, 6.45) is 0.351. The zero-order valence-corrected chi connectivity index (χ0v) is 15.6. The number of amides is 3. The van der Waals surface area contributed by atoms with Crippen LogP contribution in [0.15, 0.2) is 24.3 Å². The lowest BCUT2D eigenvalue weighted by atomic mass is 10.0. The second kappa shape index (κ2) is 8.32. The van der Waals surface area contributed by atoms with Crippen LogP contribution in [0.3, 0.4) is 0 Å². The molecule has 2 fully saturated rings. The van der Waals surface area contributed by atoms with Gasteiger partial charge in [0, 0.05) is 31.7 Å². The van der Waals surface area contributed by atoms with Gasteiger partial charge >= 0.3 is 6.03 Å². The van der Waals surface area contributed by atoms with Crippen molar-refractivity contribution in [2.24, 2.45) is 0 Å². The second-order valence-electron chi connectivity index (χ2n) is 6.87. The molecule has 2 atom stereocenters. The quantitative estimate of drug-likeness (QED) is 0.648. The number of hydrogen-bond acceptors (Lipinski definition) is 6. The van der Waals surface area contributed by atoms with Crippen molar-refractivity contribution in [1.82, 2.24) is 20.9 Å². The topological polar surface area (TPSA) is 108 Å². The maximum absolute atomic E-state index is 13.5. The van der Waals surface area contributed by atoms with Crippen LogP contribution in [0.4, 0.5) is 9.18 Å². The van der Waals surface area contributed by atoms with Crippen LogP contribution < -0.4 is 16.0 Å². The molecular weight excluding hydrogens is 375 g/mol. The summed E-state index contributed by atoms with van der Waals surface area (Å²) in [5.74, 6) is -0.888. The number of nitrogens with zero attached hydrogens (tertiary/aromatic N) is 1. The van der Waals surface area contributed by atoms with E-state index >= 15 is 0 Å². The van der Waals surface area contributed by atoms with E-state index in [2.05, 4.69) is 16.0 Å². The molecule has 2 saturated heterocycles. The molecule has 0 bridgehead atoms. The minimum atomic E-state index is -3.11. The molecule has 3 N–H and O–H groups in total. The average molecular weight is 398 g/mol. The van der Waals surface area contributed by atoms with E-state index in [-0.39, 0.29) is 29.9 Å². The molecule has 8 nitrogen and oxygen atoms in total. The summed E-state index contributed by atoms with van der Waals surface area (Å²) >= 11 is 0. The van der Waals surface area contributed by atoms with Gasteiger partial charge in [-0.3, -0.25) is 15.0 Å². The maximum Gasteiger partial charge on any atom is 0.321 e. The van der Waals surface area contributed by atoms with Crippen molar-refractivity contribution in [3.63, 3.8) is 0 Å². The van der Waals surface area contributed by atoms with Crippen LogP contribution in [0, 0.1) is 5.82 Å². The van der Waals surface area contributed by atoms with Crippen LogP contribution >= 0.6 is 0 Å². The van der Waals surface area contributed by atoms with Crippen molar-refractivity contribution in [2.45, 2.75) is 18.5 Å². The highest BCUT2D eigenvalue weighted by molar-refractivity contribution is 7.91. The van der Waals surface area contributed by atoms with Gasteiger partial charge in [-0.2, -0.15) is 0 Å². The number of nitrogens with one attached hydrogen (secondary N) is 3. The predicted molar refractivity (Wildman–Crippen MR) is 97.3 cm³/mol. The molecule has 0 saturated carbocycles. The fraction of sp³-hybridized carbons (Fsp3) is 0.529. The molecule has 0 aromatic heterocycles. The molecule has 0 spiro atoms. The Kier molecular flexibility index (Phi) is 6.08. The van der Waals surface area contributed by atoms with E-state index in [9.17, 15) is 22.4 Å². The SMILES string of the molecule is O=C(CN1CCNCC1c1cccc(F)c1)NC(=O)NC1CCS(=O)(=O)C1. The first-order valence-corrected chi connectivity index (χ1v) is 10.7. The van der Waals surface area contributed by atoms with E-state index in [1.54, 1.807) is 12.1 Å². The van der Waals surface area contributed by atoms with Gasteiger partial charge in [0.1, 0.15) is 5.82 Å². The normalized spacial score (nSPS) is 25.1. The van der Waals surface area contributed by atoms with Crippen LogP contribution in [-0.2, 0) is 14.6 Å². The number of urea groups is 1. The predicted octanol–water partition coefficient (Wildman–Crippen LogP) is -0.215. The number of halogens is 1. The Morgan fingerprint density at radius 1 is 1.33 bits per heavy atom. The Labute approximate surface area is 157 Å². The summed E-state index contributed by atoms with van der Waals surface area (Å²) in [4.78, 5) is 26.1. The summed E-state index contributed by atoms with van der Waals surface area (Å²) in [6, 6.07) is 4.89. The van der Waals surface area contributed by atoms with Gasteiger partial charge in [-0.1, -0.05) is 12.1 Å². The summed E-state index contributed by atoms with van der Waals surface area (Å²) in [6.45, 7) is 1.82. The monoisotopic (exact) mass is 398 g/mol. The van der Waals surface area contributed by atoms with E-state index in [0.29, 0.717) is 26.1 Å². The highest BCUT2D eigenvalue weighted by atomic mass is 32.2. The molecule has 27 heavy (non-hydrogen) atoms. The number of piperazine rings is 1. The third-order valence-electron chi connectivity index (χ3n) is 4.76. The molecule has 3 rings (SSSR count). The molecule has 2 aliphatic rings. The van der Waals surface area contributed by atoms with E-state index < -0.39 is 27.8 Å². The zero-order chi connectivity index (χ0) is 19.4. The maximum atomic E-state index is 13.5. The number of rotatable bonds is 4. The summed E-state index contributed by atoms with van der Waals surface area (Å²) < 4.78 is 36.4. The Morgan fingerprint density at radius 2 is 2.15 bits per heavy atom. The van der Waals surface area contributed by atoms with Crippen molar-refractivity contribution >= 4 is 21.8 Å². The van der Waals surface area contributed by atoms with Gasteiger partial charge in [-0.25, -0.2) is 17.6 Å². The molecule has 148 valence electrons. The number of benzene rings is 1. The fourth-order valence-electron chi connectivity index (χ4n) is 3.46. The van der Waals surface area contributed by atoms with Gasteiger partial charge in [-0.05, 0) is 24.1 Å². The number of hydrogen-bond donors (Lipinski definition) is 3. The van der Waals surface area contributed by atoms with Crippen LogP contribution in [0.1, 0.15) is 18.0 Å². The van der Waals surface area contributed by atoms with Crippen molar-refractivity contribution in [3.8, 4) is 0 Å². The summed E-state index contributed by atoms with van der Waals surface area (Å²) in [5, 5.41) is 7.99. The molecule has 2 aliphatic heterocycles. The highest BCUT2D eigenvalue weighted by Crippen LogP contribution is 2.22. The third kappa shape index (κ3) is 5.47. The van der Waals surface area contributed by atoms with Gasteiger partial charge < -0.3 is 10.6 Å². The largest absolute Gasteiger partial charge is 0.334 e. The zero-order valence-electron chi connectivity index (χ0n) is 14.8. The van der Waals surface area contributed by atoms with E-state index in [4.69, 9.17) is 0 Å². The Balaban J connectivity index is 1.54. The smallest absolute Gasteiger partial charge is 0.321 e. The van der Waals surface area contributed by atoms with Crippen molar-refractivity contribution in [3.05, 3.63) is 35.6 Å². The summed E-state index contributed by atoms with van der Waals surface area (Å²) in [5.41, 5.74) is 0.760. The molecule has 1 aromatic carbocycles. The molecule has 10 heteroatoms. The van der Waals surface area contributed by atoms with Gasteiger partial charge in [0.15, 0.2) is 9.84 Å².